The molecule has 0 unspecified atom stereocenters. The zero-order valence-corrected chi connectivity index (χ0v) is 9.64. The van der Waals surface area contributed by atoms with Crippen LogP contribution < -0.4 is 10.2 Å². The summed E-state index contributed by atoms with van der Waals surface area (Å²) in [7, 11) is 0. The number of esters is 1. The second kappa shape index (κ2) is 5.72. The minimum absolute atomic E-state index is 0.144. The van der Waals surface area contributed by atoms with Gasteiger partial charge in [0.25, 0.3) is 0 Å². The first-order chi connectivity index (χ1) is 8.78. The fourth-order valence-corrected chi connectivity index (χ4v) is 1.25. The standard InChI is InChI=1S/C10H9F4NO4/c1-2-18-9(17)7-6(16)3-5(4-11)15-8(7)19-10(12,13)14/h3H,2,4H2,1H3,(H,15,16). The van der Waals surface area contributed by atoms with Crippen LogP contribution in [0.25, 0.3) is 0 Å². The number of rotatable bonds is 4. The van der Waals surface area contributed by atoms with Gasteiger partial charge in [-0.2, -0.15) is 0 Å². The van der Waals surface area contributed by atoms with Gasteiger partial charge in [0, 0.05) is 6.07 Å². The Morgan fingerprint density at radius 3 is 2.53 bits per heavy atom. The molecule has 5 nitrogen and oxygen atoms in total. The van der Waals surface area contributed by atoms with Crippen LogP contribution in [0.5, 0.6) is 5.88 Å². The normalized spacial score (nSPS) is 11.2. The minimum Gasteiger partial charge on any atom is -0.462 e. The summed E-state index contributed by atoms with van der Waals surface area (Å²) in [6.45, 7) is 0.0491. The predicted molar refractivity (Wildman–Crippen MR) is 54.5 cm³/mol. The number of hydrogen-bond donors (Lipinski definition) is 1. The molecule has 0 amide bonds. The summed E-state index contributed by atoms with van der Waals surface area (Å²) >= 11 is 0. The van der Waals surface area contributed by atoms with Crippen LogP contribution in [0.1, 0.15) is 23.0 Å². The maximum Gasteiger partial charge on any atom is 0.574 e. The van der Waals surface area contributed by atoms with Gasteiger partial charge in [-0.15, -0.1) is 13.2 Å². The third-order valence-corrected chi connectivity index (χ3v) is 1.89. The third-order valence-electron chi connectivity index (χ3n) is 1.89. The lowest BCUT2D eigenvalue weighted by molar-refractivity contribution is -0.276. The number of hydrogen-bond acceptors (Lipinski definition) is 4. The van der Waals surface area contributed by atoms with Crippen molar-refractivity contribution in [2.75, 3.05) is 6.61 Å². The number of H-pyrrole nitrogens is 1. The van der Waals surface area contributed by atoms with Crippen molar-refractivity contribution >= 4 is 5.97 Å². The quantitative estimate of drug-likeness (QED) is 0.677. The zero-order valence-electron chi connectivity index (χ0n) is 9.64. The molecule has 1 heterocycles. The van der Waals surface area contributed by atoms with Crippen molar-refractivity contribution in [2.45, 2.75) is 20.0 Å². The van der Waals surface area contributed by atoms with Gasteiger partial charge < -0.3 is 14.5 Å². The molecule has 1 aromatic rings. The van der Waals surface area contributed by atoms with Crippen LogP contribution in [0.4, 0.5) is 17.6 Å². The van der Waals surface area contributed by atoms with Crippen LogP contribution in [-0.2, 0) is 11.4 Å². The molecular formula is C10H9F4NO4. The number of halogens is 4. The number of nitrogens with one attached hydrogen (secondary N) is 1. The van der Waals surface area contributed by atoms with Crippen LogP contribution in [-0.4, -0.2) is 23.9 Å². The number of alkyl halides is 4. The Hall–Kier alpha value is -2.06. The second-order valence-corrected chi connectivity index (χ2v) is 3.26. The largest absolute Gasteiger partial charge is 0.574 e. The van der Waals surface area contributed by atoms with Crippen molar-refractivity contribution in [1.82, 2.24) is 4.98 Å². The van der Waals surface area contributed by atoms with Crippen LogP contribution >= 0.6 is 0 Å². The molecule has 0 aromatic carbocycles. The summed E-state index contributed by atoms with van der Waals surface area (Å²) in [4.78, 5) is 24.8. The van der Waals surface area contributed by atoms with Crippen molar-refractivity contribution in [3.8, 4) is 5.88 Å². The van der Waals surface area contributed by atoms with E-state index in [1.54, 1.807) is 0 Å². The average molecular weight is 283 g/mol. The van der Waals surface area contributed by atoms with Gasteiger partial charge in [-0.1, -0.05) is 0 Å². The molecule has 9 heteroatoms. The van der Waals surface area contributed by atoms with Crippen molar-refractivity contribution in [2.24, 2.45) is 0 Å². The molecule has 1 aromatic heterocycles. The fraction of sp³-hybridized carbons (Fsp3) is 0.400. The van der Waals surface area contributed by atoms with E-state index in [1.165, 1.54) is 6.92 Å². The van der Waals surface area contributed by atoms with Gasteiger partial charge in [-0.3, -0.25) is 4.79 Å². The van der Waals surface area contributed by atoms with Gasteiger partial charge >= 0.3 is 12.3 Å². The Morgan fingerprint density at radius 2 is 2.05 bits per heavy atom. The van der Waals surface area contributed by atoms with Gasteiger partial charge in [0.1, 0.15) is 6.67 Å². The Morgan fingerprint density at radius 1 is 1.42 bits per heavy atom. The molecule has 0 saturated carbocycles. The summed E-state index contributed by atoms with van der Waals surface area (Å²) in [5.74, 6) is -2.47. The van der Waals surface area contributed by atoms with E-state index in [-0.39, 0.29) is 6.61 Å². The Kier molecular flexibility index (Phi) is 4.52. The first-order valence-electron chi connectivity index (χ1n) is 5.03. The number of carbonyl (C=O) groups is 1. The highest BCUT2D eigenvalue weighted by Crippen LogP contribution is 2.23. The topological polar surface area (TPSA) is 68.4 Å². The molecular weight excluding hydrogens is 274 g/mol. The van der Waals surface area contributed by atoms with E-state index >= 15 is 0 Å². The molecule has 1 rings (SSSR count). The number of aromatic amines is 1. The van der Waals surface area contributed by atoms with Gasteiger partial charge in [0.05, 0.1) is 12.3 Å². The van der Waals surface area contributed by atoms with Crippen LogP contribution in [0, 0.1) is 0 Å². The Bertz CT molecular complexity index is 523. The fourth-order valence-electron chi connectivity index (χ4n) is 1.25. The highest BCUT2D eigenvalue weighted by Gasteiger charge is 2.35. The van der Waals surface area contributed by atoms with E-state index in [0.717, 1.165) is 0 Å². The van der Waals surface area contributed by atoms with Crippen LogP contribution in [0.3, 0.4) is 0 Å². The molecule has 0 aliphatic rings. The predicted octanol–water partition coefficient (Wildman–Crippen LogP) is 1.92. The highest BCUT2D eigenvalue weighted by atomic mass is 19.4. The lowest BCUT2D eigenvalue weighted by Crippen LogP contribution is -2.25. The average Bonchev–Trinajstić information content (AvgIpc) is 2.26. The van der Waals surface area contributed by atoms with E-state index in [4.69, 9.17) is 0 Å². The van der Waals surface area contributed by atoms with E-state index in [0.29, 0.717) is 6.07 Å². The lowest BCUT2D eigenvalue weighted by Gasteiger charge is -2.12. The molecule has 0 bridgehead atoms. The van der Waals surface area contributed by atoms with E-state index in [2.05, 4.69) is 9.47 Å². The van der Waals surface area contributed by atoms with E-state index < -0.39 is 41.6 Å². The highest BCUT2D eigenvalue weighted by molar-refractivity contribution is 5.91. The number of carbonyl (C=O) groups excluding carboxylic acids is 1. The van der Waals surface area contributed by atoms with Crippen molar-refractivity contribution in [3.63, 3.8) is 0 Å². The molecule has 0 atom stereocenters. The molecule has 0 saturated heterocycles. The minimum atomic E-state index is -5.14. The van der Waals surface area contributed by atoms with Crippen molar-refractivity contribution < 1.29 is 31.8 Å². The molecule has 1 N–H and O–H groups in total. The maximum absolute atomic E-state index is 12.4. The monoisotopic (exact) mass is 283 g/mol. The first-order valence-corrected chi connectivity index (χ1v) is 5.03. The first kappa shape index (κ1) is 15.0. The number of pyridine rings is 1. The summed E-state index contributed by atoms with van der Waals surface area (Å²) in [5, 5.41) is 0. The van der Waals surface area contributed by atoms with E-state index in [1.807, 2.05) is 4.98 Å². The summed E-state index contributed by atoms with van der Waals surface area (Å²) in [6, 6.07) is 0.662. The molecule has 106 valence electrons. The SMILES string of the molecule is CCOC(=O)c1c(OC(F)(F)F)[nH]c(CF)cc1=O. The van der Waals surface area contributed by atoms with Gasteiger partial charge in [-0.25, -0.2) is 9.18 Å². The van der Waals surface area contributed by atoms with Crippen molar-refractivity contribution in [3.05, 3.63) is 27.5 Å². The second-order valence-electron chi connectivity index (χ2n) is 3.26. The summed E-state index contributed by atoms with van der Waals surface area (Å²) in [5.41, 5.74) is -2.53. The van der Waals surface area contributed by atoms with Gasteiger partial charge in [-0.05, 0) is 6.92 Å². The molecule has 0 radical (unpaired) electrons. The van der Waals surface area contributed by atoms with Crippen LogP contribution in [0.15, 0.2) is 10.9 Å². The van der Waals surface area contributed by atoms with E-state index in [9.17, 15) is 27.2 Å². The summed E-state index contributed by atoms with van der Waals surface area (Å²) < 4.78 is 56.8. The van der Waals surface area contributed by atoms with Gasteiger partial charge in [0.2, 0.25) is 5.88 Å². The smallest absolute Gasteiger partial charge is 0.462 e. The Labute approximate surface area is 104 Å². The number of ether oxygens (including phenoxy) is 2. The molecule has 19 heavy (non-hydrogen) atoms. The van der Waals surface area contributed by atoms with Gasteiger partial charge in [0.15, 0.2) is 11.0 Å². The Balaban J connectivity index is 3.34. The van der Waals surface area contributed by atoms with Crippen LogP contribution in [0.2, 0.25) is 0 Å². The third kappa shape index (κ3) is 3.97. The molecule has 0 spiro atoms. The molecule has 0 aliphatic carbocycles. The van der Waals surface area contributed by atoms with Crippen molar-refractivity contribution in [1.29, 1.82) is 0 Å². The molecule has 0 aliphatic heterocycles. The summed E-state index contributed by atoms with van der Waals surface area (Å²) in [6.07, 6.45) is -5.14. The maximum atomic E-state index is 12.4. The number of aromatic nitrogens is 1. The lowest BCUT2D eigenvalue weighted by atomic mass is 10.2. The molecule has 0 fully saturated rings. The zero-order chi connectivity index (χ0) is 14.6.